The fourth-order valence-corrected chi connectivity index (χ4v) is 3.32. The molecule has 1 aliphatic carbocycles. The topological polar surface area (TPSA) is 84.2 Å². The second-order valence-electron chi connectivity index (χ2n) is 6.88. The van der Waals surface area contributed by atoms with Crippen molar-refractivity contribution in [2.24, 2.45) is 5.73 Å². The van der Waals surface area contributed by atoms with Crippen LogP contribution >= 0.6 is 0 Å². The molecule has 0 fully saturated rings. The number of carbonyl (C=O) groups is 2. The minimum Gasteiger partial charge on any atom is -0.382 e. The first-order valence-electron chi connectivity index (χ1n) is 9.69. The summed E-state index contributed by atoms with van der Waals surface area (Å²) >= 11 is 0. The first-order chi connectivity index (χ1) is 13.2. The molecule has 0 atom stereocenters. The zero-order valence-corrected chi connectivity index (χ0v) is 15.6. The van der Waals surface area contributed by atoms with Gasteiger partial charge in [0.05, 0.1) is 5.70 Å². The molecule has 0 saturated heterocycles. The molecule has 0 aromatic heterocycles. The molecule has 0 saturated carbocycles. The molecule has 3 rings (SSSR count). The van der Waals surface area contributed by atoms with Crippen LogP contribution in [0.25, 0.3) is 10.8 Å². The number of hydrogen-bond acceptors (Lipinski definition) is 5. The summed E-state index contributed by atoms with van der Waals surface area (Å²) in [6, 6.07) is 11.4. The van der Waals surface area contributed by atoms with E-state index in [-0.39, 0.29) is 11.6 Å². The Bertz CT molecular complexity index is 858. The van der Waals surface area contributed by atoms with Crippen molar-refractivity contribution in [1.29, 1.82) is 0 Å². The van der Waals surface area contributed by atoms with Crippen LogP contribution in [0.4, 0.5) is 0 Å². The Kier molecular flexibility index (Phi) is 6.74. The van der Waals surface area contributed by atoms with Gasteiger partial charge in [0.2, 0.25) is 5.78 Å². The number of benzene rings is 2. The standard InChI is InChI=1S/C22H27N3O2/c23-9-4-1-5-10-24-11-6-12-25-20-15-21(26)18-13-16-7-2-3-8-17(16)14-19(18)22(20)27/h2-3,7-8,13-15,24-25H,1,4-6,9-12,23H2. The Morgan fingerprint density at radius 1 is 0.815 bits per heavy atom. The Labute approximate surface area is 160 Å². The summed E-state index contributed by atoms with van der Waals surface area (Å²) in [6.45, 7) is 3.28. The number of Topliss-reactive ketones (excluding diaryl/α,β-unsaturated/α-hetero) is 1. The molecule has 5 heteroatoms. The number of ketones is 2. The summed E-state index contributed by atoms with van der Waals surface area (Å²) in [5.74, 6) is -0.221. The number of fused-ring (bicyclic) bond motifs is 2. The second-order valence-corrected chi connectivity index (χ2v) is 6.88. The van der Waals surface area contributed by atoms with Crippen molar-refractivity contribution in [2.45, 2.75) is 25.7 Å². The van der Waals surface area contributed by atoms with Crippen molar-refractivity contribution in [3.63, 3.8) is 0 Å². The fraction of sp³-hybridized carbons (Fsp3) is 0.364. The first-order valence-corrected chi connectivity index (χ1v) is 9.69. The van der Waals surface area contributed by atoms with Gasteiger partial charge in [0.25, 0.3) is 0 Å². The minimum atomic E-state index is -0.115. The molecule has 5 nitrogen and oxygen atoms in total. The van der Waals surface area contributed by atoms with Gasteiger partial charge in [-0.25, -0.2) is 0 Å². The van der Waals surface area contributed by atoms with Gasteiger partial charge in [-0.15, -0.1) is 0 Å². The summed E-state index contributed by atoms with van der Waals surface area (Å²) in [5, 5.41) is 8.46. The second kappa shape index (κ2) is 9.44. The van der Waals surface area contributed by atoms with E-state index in [0.717, 1.165) is 56.1 Å². The number of carbonyl (C=O) groups excluding carboxylic acids is 2. The normalized spacial score (nSPS) is 13.6. The quantitative estimate of drug-likeness (QED) is 0.564. The van der Waals surface area contributed by atoms with Gasteiger partial charge in [-0.1, -0.05) is 30.7 Å². The molecule has 0 bridgehead atoms. The maximum Gasteiger partial charge on any atom is 0.209 e. The number of hydrogen-bond donors (Lipinski definition) is 3. The van der Waals surface area contributed by atoms with Gasteiger partial charge in [-0.2, -0.15) is 0 Å². The Balaban J connectivity index is 1.53. The lowest BCUT2D eigenvalue weighted by molar-refractivity contribution is 0.0978. The zero-order chi connectivity index (χ0) is 19.1. The third-order valence-corrected chi connectivity index (χ3v) is 4.82. The van der Waals surface area contributed by atoms with E-state index in [1.54, 1.807) is 0 Å². The van der Waals surface area contributed by atoms with Crippen molar-refractivity contribution in [3.05, 3.63) is 59.3 Å². The zero-order valence-electron chi connectivity index (χ0n) is 15.6. The maximum absolute atomic E-state index is 12.8. The monoisotopic (exact) mass is 365 g/mol. The van der Waals surface area contributed by atoms with E-state index < -0.39 is 0 Å². The Hall–Kier alpha value is -2.50. The van der Waals surface area contributed by atoms with Crippen molar-refractivity contribution < 1.29 is 9.59 Å². The van der Waals surface area contributed by atoms with Crippen LogP contribution in [0.15, 0.2) is 48.2 Å². The van der Waals surface area contributed by atoms with E-state index in [4.69, 9.17) is 5.73 Å². The van der Waals surface area contributed by atoms with Crippen LogP contribution in [0.2, 0.25) is 0 Å². The van der Waals surface area contributed by atoms with Gasteiger partial charge in [-0.3, -0.25) is 9.59 Å². The van der Waals surface area contributed by atoms with Crippen LogP contribution in [-0.4, -0.2) is 37.7 Å². The number of rotatable bonds is 10. The largest absolute Gasteiger partial charge is 0.382 e. The fourth-order valence-electron chi connectivity index (χ4n) is 3.32. The molecule has 1 aliphatic rings. The SMILES string of the molecule is NCCCCCNCCCNC1=CC(=O)c2cc3ccccc3cc2C1=O. The Morgan fingerprint density at radius 2 is 1.52 bits per heavy atom. The molecule has 0 heterocycles. The smallest absolute Gasteiger partial charge is 0.209 e. The predicted octanol–water partition coefficient (Wildman–Crippen LogP) is 2.80. The lowest BCUT2D eigenvalue weighted by atomic mass is 9.90. The lowest BCUT2D eigenvalue weighted by Crippen LogP contribution is -2.29. The number of allylic oxidation sites excluding steroid dienone is 2. The highest BCUT2D eigenvalue weighted by Gasteiger charge is 2.25. The van der Waals surface area contributed by atoms with E-state index in [1.807, 2.05) is 36.4 Å². The molecule has 0 radical (unpaired) electrons. The van der Waals surface area contributed by atoms with Gasteiger partial charge in [0.15, 0.2) is 5.78 Å². The number of unbranched alkanes of at least 4 members (excludes halogenated alkanes) is 2. The van der Waals surface area contributed by atoms with Gasteiger partial charge in [0, 0.05) is 23.7 Å². The minimum absolute atomic E-state index is 0.106. The molecule has 0 aliphatic heterocycles. The van der Waals surface area contributed by atoms with E-state index in [2.05, 4.69) is 10.6 Å². The van der Waals surface area contributed by atoms with E-state index in [9.17, 15) is 9.59 Å². The predicted molar refractivity (Wildman–Crippen MR) is 109 cm³/mol. The van der Waals surface area contributed by atoms with Crippen molar-refractivity contribution in [1.82, 2.24) is 10.6 Å². The molecular weight excluding hydrogens is 338 g/mol. The highest BCUT2D eigenvalue weighted by molar-refractivity contribution is 6.25. The van der Waals surface area contributed by atoms with Crippen LogP contribution < -0.4 is 16.4 Å². The molecular formula is C22H27N3O2. The summed E-state index contributed by atoms with van der Waals surface area (Å²) in [5.41, 5.74) is 6.84. The number of nitrogens with one attached hydrogen (secondary N) is 2. The van der Waals surface area contributed by atoms with Crippen LogP contribution in [-0.2, 0) is 0 Å². The van der Waals surface area contributed by atoms with Crippen molar-refractivity contribution >= 4 is 22.3 Å². The summed E-state index contributed by atoms with van der Waals surface area (Å²) in [4.78, 5) is 25.2. The third-order valence-electron chi connectivity index (χ3n) is 4.82. The highest BCUT2D eigenvalue weighted by atomic mass is 16.1. The van der Waals surface area contributed by atoms with Gasteiger partial charge >= 0.3 is 0 Å². The Morgan fingerprint density at radius 3 is 2.26 bits per heavy atom. The van der Waals surface area contributed by atoms with Crippen LogP contribution in [0.5, 0.6) is 0 Å². The highest BCUT2D eigenvalue weighted by Crippen LogP contribution is 2.26. The average Bonchev–Trinajstić information content (AvgIpc) is 2.69. The molecule has 0 spiro atoms. The molecule has 0 unspecified atom stereocenters. The van der Waals surface area contributed by atoms with Gasteiger partial charge in [-0.05, 0) is 61.8 Å². The molecule has 2 aromatic rings. The molecule has 4 N–H and O–H groups in total. The van der Waals surface area contributed by atoms with Crippen LogP contribution in [0, 0.1) is 0 Å². The third kappa shape index (κ3) is 4.81. The molecule has 27 heavy (non-hydrogen) atoms. The van der Waals surface area contributed by atoms with Gasteiger partial charge in [0.1, 0.15) is 0 Å². The first kappa shape index (κ1) is 19.3. The summed E-state index contributed by atoms with van der Waals surface area (Å²) in [6.07, 6.45) is 5.68. The van der Waals surface area contributed by atoms with E-state index in [1.165, 1.54) is 6.08 Å². The van der Waals surface area contributed by atoms with Crippen LogP contribution in [0.3, 0.4) is 0 Å². The van der Waals surface area contributed by atoms with Crippen LogP contribution in [0.1, 0.15) is 46.4 Å². The maximum atomic E-state index is 12.8. The van der Waals surface area contributed by atoms with Gasteiger partial charge < -0.3 is 16.4 Å². The number of nitrogens with two attached hydrogens (primary N) is 1. The summed E-state index contributed by atoms with van der Waals surface area (Å²) < 4.78 is 0. The average molecular weight is 365 g/mol. The van der Waals surface area contributed by atoms with Crippen molar-refractivity contribution in [3.8, 4) is 0 Å². The van der Waals surface area contributed by atoms with Crippen molar-refractivity contribution in [2.75, 3.05) is 26.2 Å². The molecule has 2 aromatic carbocycles. The van der Waals surface area contributed by atoms with E-state index in [0.29, 0.717) is 23.4 Å². The lowest BCUT2D eigenvalue weighted by Gasteiger charge is -2.17. The molecule has 0 amide bonds. The van der Waals surface area contributed by atoms with E-state index >= 15 is 0 Å². The summed E-state index contributed by atoms with van der Waals surface area (Å²) in [7, 11) is 0. The molecule has 142 valence electrons.